The Bertz CT molecular complexity index is 3170. The van der Waals surface area contributed by atoms with Crippen molar-refractivity contribution in [2.75, 3.05) is 0 Å². The van der Waals surface area contributed by atoms with Crippen molar-refractivity contribution in [3.05, 3.63) is 182 Å². The highest BCUT2D eigenvalue weighted by atomic mass is 15.2. The van der Waals surface area contributed by atoms with E-state index in [0.29, 0.717) is 5.95 Å². The van der Waals surface area contributed by atoms with Gasteiger partial charge in [-0.2, -0.15) is 0 Å². The van der Waals surface area contributed by atoms with Crippen molar-refractivity contribution in [3.63, 3.8) is 0 Å². The lowest BCUT2D eigenvalue weighted by Gasteiger charge is -2.13. The number of hydrogen-bond donors (Lipinski definition) is 0. The quantitative estimate of drug-likeness (QED) is 0.188. The smallest absolute Gasteiger partial charge is 0.235 e. The first kappa shape index (κ1) is 28.8. The fourth-order valence-electron chi connectivity index (χ4n) is 8.34. The standard InChI is InChI=1S/C48H30N4/c1-3-16-32(17-4-1)46-37-21-9-11-25-40(37)49-48(50-46)52-43-28-14-24-36(45(43)39-30-29-31-15-7-8-20-34(31)47(39)52)35-23-13-27-42-44(35)38-22-10-12-26-41(38)51(42)33-18-5-2-6-19-33/h1-30H. The van der Waals surface area contributed by atoms with Crippen LogP contribution in [0.15, 0.2) is 182 Å². The lowest BCUT2D eigenvalue weighted by atomic mass is 9.95. The average Bonchev–Trinajstić information content (AvgIpc) is 3.75. The third-order valence-electron chi connectivity index (χ3n) is 10.5. The van der Waals surface area contributed by atoms with Crippen LogP contribution in [-0.4, -0.2) is 19.1 Å². The van der Waals surface area contributed by atoms with Crippen LogP contribution >= 0.6 is 0 Å². The van der Waals surface area contributed by atoms with Gasteiger partial charge in [0.25, 0.3) is 0 Å². The molecule has 8 aromatic carbocycles. The van der Waals surface area contributed by atoms with E-state index in [9.17, 15) is 0 Å². The Hall–Kier alpha value is -7.04. The second kappa shape index (κ2) is 11.2. The minimum Gasteiger partial charge on any atom is -0.309 e. The van der Waals surface area contributed by atoms with Gasteiger partial charge in [0.05, 0.1) is 33.3 Å². The molecular weight excluding hydrogens is 633 g/mol. The van der Waals surface area contributed by atoms with E-state index in [1.165, 1.54) is 54.5 Å². The van der Waals surface area contributed by atoms with Crippen molar-refractivity contribution >= 4 is 65.3 Å². The number of benzene rings is 8. The molecule has 242 valence electrons. The molecule has 0 spiro atoms. The van der Waals surface area contributed by atoms with Crippen LogP contribution in [-0.2, 0) is 0 Å². The molecule has 11 aromatic rings. The van der Waals surface area contributed by atoms with Crippen LogP contribution in [0.3, 0.4) is 0 Å². The second-order valence-electron chi connectivity index (χ2n) is 13.4. The normalized spacial score (nSPS) is 11.8. The van der Waals surface area contributed by atoms with Gasteiger partial charge in [-0.05, 0) is 52.9 Å². The van der Waals surface area contributed by atoms with Gasteiger partial charge < -0.3 is 4.57 Å². The first-order chi connectivity index (χ1) is 25.8. The van der Waals surface area contributed by atoms with E-state index in [1.54, 1.807) is 0 Å². The second-order valence-corrected chi connectivity index (χ2v) is 13.4. The average molecular weight is 663 g/mol. The minimum absolute atomic E-state index is 0.657. The molecule has 0 amide bonds. The van der Waals surface area contributed by atoms with Crippen LogP contribution in [0.2, 0.25) is 0 Å². The van der Waals surface area contributed by atoms with E-state index in [-0.39, 0.29) is 0 Å². The Morgan fingerprint density at radius 1 is 0.365 bits per heavy atom. The molecule has 0 N–H and O–H groups in total. The zero-order valence-corrected chi connectivity index (χ0v) is 28.1. The maximum absolute atomic E-state index is 5.40. The Morgan fingerprint density at radius 3 is 1.75 bits per heavy atom. The zero-order valence-electron chi connectivity index (χ0n) is 28.1. The van der Waals surface area contributed by atoms with Crippen LogP contribution < -0.4 is 0 Å². The van der Waals surface area contributed by atoms with Crippen LogP contribution in [0.1, 0.15) is 0 Å². The number of nitrogens with zero attached hydrogens (tertiary/aromatic N) is 4. The first-order valence-corrected chi connectivity index (χ1v) is 17.7. The number of para-hydroxylation sites is 3. The Morgan fingerprint density at radius 2 is 0.962 bits per heavy atom. The van der Waals surface area contributed by atoms with Crippen LogP contribution in [0.5, 0.6) is 0 Å². The zero-order chi connectivity index (χ0) is 34.2. The minimum atomic E-state index is 0.657. The summed E-state index contributed by atoms with van der Waals surface area (Å²) in [6.45, 7) is 0. The van der Waals surface area contributed by atoms with Gasteiger partial charge in [-0.25, -0.2) is 9.97 Å². The third kappa shape index (κ3) is 4.15. The lowest BCUT2D eigenvalue weighted by molar-refractivity contribution is 1.02. The van der Waals surface area contributed by atoms with Gasteiger partial charge in [0.2, 0.25) is 5.95 Å². The Labute approximate surface area is 299 Å². The van der Waals surface area contributed by atoms with Gasteiger partial charge in [0.15, 0.2) is 0 Å². The Balaban J connectivity index is 1.28. The molecule has 0 fully saturated rings. The summed E-state index contributed by atoms with van der Waals surface area (Å²) in [6.07, 6.45) is 0. The topological polar surface area (TPSA) is 35.6 Å². The molecule has 11 rings (SSSR count). The monoisotopic (exact) mass is 662 g/mol. The SMILES string of the molecule is c1ccc(-c2nc(-n3c4cccc(-c5cccc6c5c5ccccc5n6-c5ccccc5)c4c4ccc5ccccc5c43)nc3ccccc23)cc1. The summed E-state index contributed by atoms with van der Waals surface area (Å²) < 4.78 is 4.68. The van der Waals surface area contributed by atoms with Crippen molar-refractivity contribution < 1.29 is 0 Å². The van der Waals surface area contributed by atoms with Gasteiger partial charge >= 0.3 is 0 Å². The van der Waals surface area contributed by atoms with Gasteiger partial charge in [-0.15, -0.1) is 0 Å². The number of aromatic nitrogens is 4. The molecule has 0 saturated heterocycles. The van der Waals surface area contributed by atoms with E-state index < -0.39 is 0 Å². The molecule has 0 radical (unpaired) electrons. The van der Waals surface area contributed by atoms with Crippen molar-refractivity contribution in [3.8, 4) is 34.0 Å². The van der Waals surface area contributed by atoms with Crippen molar-refractivity contribution in [2.24, 2.45) is 0 Å². The highest BCUT2D eigenvalue weighted by molar-refractivity contribution is 6.25. The first-order valence-electron chi connectivity index (χ1n) is 17.7. The van der Waals surface area contributed by atoms with Gasteiger partial charge in [-0.1, -0.05) is 146 Å². The molecule has 4 heteroatoms. The number of rotatable bonds is 4. The van der Waals surface area contributed by atoms with Crippen molar-refractivity contribution in [2.45, 2.75) is 0 Å². The summed E-state index contributed by atoms with van der Waals surface area (Å²) in [5.74, 6) is 0.657. The van der Waals surface area contributed by atoms with Crippen molar-refractivity contribution in [1.29, 1.82) is 0 Å². The molecule has 0 aliphatic carbocycles. The molecule has 3 aromatic heterocycles. The van der Waals surface area contributed by atoms with E-state index in [1.807, 2.05) is 6.07 Å². The predicted molar refractivity (Wildman–Crippen MR) is 217 cm³/mol. The highest BCUT2D eigenvalue weighted by Gasteiger charge is 2.23. The van der Waals surface area contributed by atoms with Crippen molar-refractivity contribution in [1.82, 2.24) is 19.1 Å². The van der Waals surface area contributed by atoms with Crippen LogP contribution in [0.4, 0.5) is 0 Å². The molecule has 52 heavy (non-hydrogen) atoms. The van der Waals surface area contributed by atoms with Gasteiger partial charge in [0.1, 0.15) is 0 Å². The molecule has 0 bridgehead atoms. The summed E-state index contributed by atoms with van der Waals surface area (Å²) in [4.78, 5) is 10.7. The van der Waals surface area contributed by atoms with Crippen LogP contribution in [0.25, 0.3) is 99.3 Å². The summed E-state index contributed by atoms with van der Waals surface area (Å²) in [5, 5.41) is 8.21. The highest BCUT2D eigenvalue weighted by Crippen LogP contribution is 2.45. The number of fused-ring (bicyclic) bond motifs is 9. The fourth-order valence-corrected chi connectivity index (χ4v) is 8.34. The Kier molecular flexibility index (Phi) is 6.22. The summed E-state index contributed by atoms with van der Waals surface area (Å²) >= 11 is 0. The summed E-state index contributed by atoms with van der Waals surface area (Å²) in [5.41, 5.74) is 11.0. The molecule has 0 unspecified atom stereocenters. The summed E-state index contributed by atoms with van der Waals surface area (Å²) in [7, 11) is 0. The number of hydrogen-bond acceptors (Lipinski definition) is 2. The van der Waals surface area contributed by atoms with Crippen LogP contribution in [0, 0.1) is 0 Å². The van der Waals surface area contributed by atoms with Gasteiger partial charge in [0, 0.05) is 43.6 Å². The molecule has 0 aliphatic rings. The lowest BCUT2D eigenvalue weighted by Crippen LogP contribution is -2.03. The van der Waals surface area contributed by atoms with E-state index in [2.05, 4.69) is 185 Å². The maximum Gasteiger partial charge on any atom is 0.235 e. The maximum atomic E-state index is 5.40. The van der Waals surface area contributed by atoms with E-state index in [4.69, 9.17) is 9.97 Å². The molecule has 4 nitrogen and oxygen atoms in total. The summed E-state index contributed by atoms with van der Waals surface area (Å²) in [6, 6.07) is 64.8. The molecule has 0 saturated carbocycles. The predicted octanol–water partition coefficient (Wildman–Crippen LogP) is 12.3. The van der Waals surface area contributed by atoms with E-state index in [0.717, 1.165) is 38.9 Å². The third-order valence-corrected chi connectivity index (χ3v) is 10.5. The van der Waals surface area contributed by atoms with E-state index >= 15 is 0 Å². The van der Waals surface area contributed by atoms with Gasteiger partial charge in [-0.3, -0.25) is 4.57 Å². The molecule has 3 heterocycles. The fraction of sp³-hybridized carbons (Fsp3) is 0. The molecule has 0 atom stereocenters. The largest absolute Gasteiger partial charge is 0.309 e. The molecular formula is C48H30N4. The molecule has 0 aliphatic heterocycles.